The van der Waals surface area contributed by atoms with Gasteiger partial charge >= 0.3 is 12.2 Å². The number of aromatic nitrogens is 4. The molecule has 4 bridgehead atoms. The summed E-state index contributed by atoms with van der Waals surface area (Å²) in [5.74, 6) is 1.13. The van der Waals surface area contributed by atoms with Crippen molar-refractivity contribution in [1.82, 2.24) is 40.4 Å². The normalized spacial score (nSPS) is 26.3. The van der Waals surface area contributed by atoms with Crippen molar-refractivity contribution < 1.29 is 28.7 Å². The lowest BCUT2D eigenvalue weighted by atomic mass is 9.87. The second-order valence-corrected chi connectivity index (χ2v) is 21.2. The number of nitrogens with zero attached hydrogens (tertiary/aromatic N) is 4. The number of nitrogens with one attached hydrogen (secondary N) is 4. The van der Waals surface area contributed by atoms with E-state index in [4.69, 9.17) is 19.4 Å². The first-order valence-electron chi connectivity index (χ1n) is 23.6. The molecular formula is C52H62N8O6. The summed E-state index contributed by atoms with van der Waals surface area (Å²) in [7, 11) is 2.63. The Bertz CT molecular complexity index is 2550. The standard InChI is InChI=1S/C52H62N8O6/c1-29(2)41(57-47(63)65-7)43(61)59-27-49(5)19-21-51(59,25-49)45-53-23-39(55-45)37-17-15-35(31-11-9-13-33(31)37)36-16-18-38(34-14-10-12-32(34)36)40-24-54-46(56-40)52-22-20-50(6,26-52)28-60(52)44(62)42(30(3)4)58-48(64)66-8/h9-12,15-18,23-24,29-30,41-42H,13-14,19-22,25-28H2,1-8H3,(H,53,55)(H,54,56)(H,57,63)(H,58,64)/t41-,42-,49-,50-,51+,52?/m0/s1. The third-order valence-corrected chi connectivity index (χ3v) is 16.0. The van der Waals surface area contributed by atoms with Gasteiger partial charge in [0.25, 0.3) is 0 Å². The van der Waals surface area contributed by atoms with Crippen molar-refractivity contribution >= 4 is 36.2 Å². The van der Waals surface area contributed by atoms with E-state index in [1.54, 1.807) is 0 Å². The van der Waals surface area contributed by atoms with E-state index in [1.165, 1.54) is 47.6 Å². The number of amides is 4. The number of hydrogen-bond acceptors (Lipinski definition) is 8. The molecule has 0 radical (unpaired) electrons. The third kappa shape index (κ3) is 6.79. The molecule has 10 rings (SSSR count). The second-order valence-electron chi connectivity index (χ2n) is 21.2. The molecule has 2 saturated heterocycles. The van der Waals surface area contributed by atoms with Gasteiger partial charge in [-0.2, -0.15) is 0 Å². The fourth-order valence-electron chi connectivity index (χ4n) is 12.7. The summed E-state index contributed by atoms with van der Waals surface area (Å²) >= 11 is 0. The maximum absolute atomic E-state index is 14.3. The smallest absolute Gasteiger partial charge is 0.407 e. The van der Waals surface area contributed by atoms with Gasteiger partial charge in [-0.25, -0.2) is 19.6 Å². The van der Waals surface area contributed by atoms with Gasteiger partial charge in [-0.05, 0) is 107 Å². The number of imidazole rings is 2. The van der Waals surface area contributed by atoms with Crippen LogP contribution in [0.25, 0.3) is 45.8 Å². The van der Waals surface area contributed by atoms with E-state index in [0.717, 1.165) is 85.5 Å². The maximum atomic E-state index is 14.3. The van der Waals surface area contributed by atoms with Crippen molar-refractivity contribution in [3.05, 3.63) is 82.7 Å². The van der Waals surface area contributed by atoms with Crippen molar-refractivity contribution in [2.45, 2.75) is 116 Å². The second kappa shape index (κ2) is 15.7. The van der Waals surface area contributed by atoms with Crippen LogP contribution >= 0.6 is 0 Å². The van der Waals surface area contributed by atoms with E-state index in [9.17, 15) is 19.2 Å². The largest absolute Gasteiger partial charge is 0.453 e. The van der Waals surface area contributed by atoms with Crippen molar-refractivity contribution in [3.63, 3.8) is 0 Å². The first kappa shape index (κ1) is 43.7. The fourth-order valence-corrected chi connectivity index (χ4v) is 12.7. The monoisotopic (exact) mass is 894 g/mol. The highest BCUT2D eigenvalue weighted by Crippen LogP contribution is 2.60. The Morgan fingerprint density at radius 3 is 1.38 bits per heavy atom. The van der Waals surface area contributed by atoms with Gasteiger partial charge in [0.1, 0.15) is 34.8 Å². The zero-order valence-electron chi connectivity index (χ0n) is 39.4. The number of hydrogen-bond donors (Lipinski definition) is 4. The number of carbonyl (C=O) groups excluding carboxylic acids is 4. The lowest BCUT2D eigenvalue weighted by Crippen LogP contribution is -2.56. The summed E-state index contributed by atoms with van der Waals surface area (Å²) in [6.45, 7) is 13.5. The Labute approximate surface area is 386 Å². The summed E-state index contributed by atoms with van der Waals surface area (Å²) in [6.07, 6.45) is 18.3. The van der Waals surface area contributed by atoms with Gasteiger partial charge in [0.05, 0.1) is 38.0 Å². The number of H-pyrrole nitrogens is 2. The van der Waals surface area contributed by atoms with Gasteiger partial charge in [0.2, 0.25) is 11.8 Å². The number of alkyl carbamates (subject to hydrolysis) is 2. The number of ether oxygens (including phenoxy) is 2. The zero-order chi connectivity index (χ0) is 46.5. The minimum atomic E-state index is -0.712. The molecule has 4 aromatic rings. The lowest BCUT2D eigenvalue weighted by molar-refractivity contribution is -0.141. The van der Waals surface area contributed by atoms with Gasteiger partial charge in [-0.1, -0.05) is 90.1 Å². The lowest BCUT2D eigenvalue weighted by Gasteiger charge is -2.41. The van der Waals surface area contributed by atoms with Gasteiger partial charge < -0.3 is 39.9 Å². The van der Waals surface area contributed by atoms with E-state index >= 15 is 0 Å². The molecule has 14 heteroatoms. The molecule has 2 aromatic heterocycles. The van der Waals surface area contributed by atoms with Crippen LogP contribution < -0.4 is 10.6 Å². The highest BCUT2D eigenvalue weighted by Gasteiger charge is 2.62. The van der Waals surface area contributed by atoms with Crippen LogP contribution in [0.4, 0.5) is 9.59 Å². The number of fused-ring (bicyclic) bond motifs is 6. The third-order valence-electron chi connectivity index (χ3n) is 16.0. The molecule has 0 spiro atoms. The van der Waals surface area contributed by atoms with E-state index in [0.29, 0.717) is 13.1 Å². The molecule has 4 heterocycles. The van der Waals surface area contributed by atoms with E-state index in [2.05, 4.69) is 83.0 Å². The van der Waals surface area contributed by atoms with Gasteiger partial charge in [-0.3, -0.25) is 9.59 Å². The van der Waals surface area contributed by atoms with Crippen LogP contribution in [0.1, 0.15) is 114 Å². The number of allylic oxidation sites excluding steroid dienone is 2. The topological polar surface area (TPSA) is 175 Å². The number of benzene rings is 2. The molecule has 4 aliphatic carbocycles. The minimum Gasteiger partial charge on any atom is -0.453 e. The predicted molar refractivity (Wildman–Crippen MR) is 252 cm³/mol. The van der Waals surface area contributed by atoms with Gasteiger partial charge in [0.15, 0.2) is 0 Å². The number of methoxy groups -OCH3 is 2. The molecule has 1 unspecified atom stereocenters. The highest BCUT2D eigenvalue weighted by atomic mass is 16.5. The molecule has 346 valence electrons. The molecule has 4 amide bonds. The van der Waals surface area contributed by atoms with Crippen molar-refractivity contribution in [2.75, 3.05) is 27.3 Å². The maximum Gasteiger partial charge on any atom is 0.407 e. The minimum absolute atomic E-state index is 0.0372. The number of carbonyl (C=O) groups is 4. The van der Waals surface area contributed by atoms with Crippen LogP contribution in [0, 0.1) is 22.7 Å². The summed E-state index contributed by atoms with van der Waals surface area (Å²) in [5.41, 5.74) is 9.96. The molecule has 2 aliphatic heterocycles. The quantitative estimate of drug-likeness (QED) is 0.116. The van der Waals surface area contributed by atoms with E-state index in [1.807, 2.05) is 49.9 Å². The summed E-state index contributed by atoms with van der Waals surface area (Å²) in [5, 5.41) is 5.60. The summed E-state index contributed by atoms with van der Waals surface area (Å²) in [6, 6.07) is 7.44. The van der Waals surface area contributed by atoms with Gasteiger partial charge in [0, 0.05) is 24.2 Å². The Kier molecular flexibility index (Phi) is 10.4. The van der Waals surface area contributed by atoms with Crippen molar-refractivity contribution in [3.8, 4) is 33.6 Å². The zero-order valence-corrected chi connectivity index (χ0v) is 39.4. The number of rotatable bonds is 11. The fraction of sp³-hybridized carbons (Fsp3) is 0.500. The number of aromatic amines is 2. The molecule has 6 atom stereocenters. The molecule has 2 aromatic carbocycles. The average Bonchev–Trinajstić information content (AvgIpc) is 4.16. The van der Waals surface area contributed by atoms with Crippen molar-refractivity contribution in [1.29, 1.82) is 0 Å². The van der Waals surface area contributed by atoms with Crippen LogP contribution in [-0.4, -0.2) is 93.1 Å². The molecule has 2 saturated carbocycles. The number of likely N-dealkylation sites (tertiary alicyclic amines) is 2. The van der Waals surface area contributed by atoms with E-state index < -0.39 is 35.3 Å². The van der Waals surface area contributed by atoms with Crippen LogP contribution in [0.15, 0.2) is 48.8 Å². The Hall–Kier alpha value is -6.18. The van der Waals surface area contributed by atoms with Crippen molar-refractivity contribution in [2.24, 2.45) is 22.7 Å². The van der Waals surface area contributed by atoms with E-state index in [-0.39, 0.29) is 34.5 Å². The molecule has 66 heavy (non-hydrogen) atoms. The Balaban J connectivity index is 0.946. The molecular weight excluding hydrogens is 833 g/mol. The van der Waals surface area contributed by atoms with Crippen LogP contribution in [-0.2, 0) is 43.0 Å². The molecule has 6 aliphatic rings. The molecule has 4 N–H and O–H groups in total. The Morgan fingerprint density at radius 1 is 0.621 bits per heavy atom. The first-order chi connectivity index (χ1) is 31.5. The molecule has 4 fully saturated rings. The highest BCUT2D eigenvalue weighted by molar-refractivity contribution is 5.92. The predicted octanol–water partition coefficient (Wildman–Crippen LogP) is 8.49. The average molecular weight is 895 g/mol. The molecule has 14 nitrogen and oxygen atoms in total. The Morgan fingerprint density at radius 2 is 1.02 bits per heavy atom. The SMILES string of the molecule is COC(=O)N[C@H](C(=O)N1C[C@@]2(C)CCC1(c1ncc(-c3ccc(-c4ccc(-c5cnc([C@]67CC[C@](C)(CN6C(=O)[C@@H](NC(=O)OC)C(C)C)C7)[nH]5)c5c4C=CC5)c4c3CC=C4)[nH]1)C2)C(C)C. The summed E-state index contributed by atoms with van der Waals surface area (Å²) < 4.78 is 9.78. The first-order valence-corrected chi connectivity index (χ1v) is 23.6. The summed E-state index contributed by atoms with van der Waals surface area (Å²) in [4.78, 5) is 74.7. The van der Waals surface area contributed by atoms with Gasteiger partial charge in [-0.15, -0.1) is 0 Å². The van der Waals surface area contributed by atoms with Crippen LogP contribution in [0.5, 0.6) is 0 Å². The number of piperidine rings is 2. The van der Waals surface area contributed by atoms with Crippen LogP contribution in [0.2, 0.25) is 0 Å². The van der Waals surface area contributed by atoms with Crippen LogP contribution in [0.3, 0.4) is 0 Å².